The Morgan fingerprint density at radius 2 is 2.04 bits per heavy atom. The summed E-state index contributed by atoms with van der Waals surface area (Å²) in [5, 5.41) is 4.40. The molecular formula is C16H16ClN5O3S. The Balaban J connectivity index is 1.89. The van der Waals surface area contributed by atoms with Crippen LogP contribution in [0.2, 0.25) is 5.02 Å². The summed E-state index contributed by atoms with van der Waals surface area (Å²) in [4.78, 5) is 8.48. The zero-order chi connectivity index (χ0) is 18.7. The summed E-state index contributed by atoms with van der Waals surface area (Å²) < 4.78 is 34.6. The van der Waals surface area contributed by atoms with Gasteiger partial charge in [-0.1, -0.05) is 11.6 Å². The molecule has 0 saturated heterocycles. The predicted octanol–water partition coefficient (Wildman–Crippen LogP) is 2.02. The first-order valence-electron chi connectivity index (χ1n) is 7.53. The van der Waals surface area contributed by atoms with Crippen molar-refractivity contribution in [1.82, 2.24) is 24.5 Å². The molecule has 0 saturated carbocycles. The summed E-state index contributed by atoms with van der Waals surface area (Å²) in [7, 11) is -0.686. The standard InChI is InChI=1S/C16H16ClN5O3S/c1-22-10-11(8-20-22)16-13(18-5-6-19-16)9-21-26(23,24)15-7-12(17)3-4-14(15)25-2/h3-8,10,21H,9H2,1-2H3. The van der Waals surface area contributed by atoms with Crippen molar-refractivity contribution in [2.75, 3.05) is 7.11 Å². The second-order valence-corrected chi connectivity index (χ2v) is 7.55. The highest BCUT2D eigenvalue weighted by atomic mass is 35.5. The molecule has 0 aliphatic heterocycles. The number of aromatic nitrogens is 4. The van der Waals surface area contributed by atoms with Crippen molar-refractivity contribution in [2.24, 2.45) is 7.05 Å². The van der Waals surface area contributed by atoms with Crippen molar-refractivity contribution in [3.05, 3.63) is 53.7 Å². The Bertz CT molecular complexity index is 1040. The molecule has 1 aromatic carbocycles. The second kappa shape index (κ2) is 7.40. The number of aryl methyl sites for hydroxylation is 1. The van der Waals surface area contributed by atoms with Gasteiger partial charge in [-0.05, 0) is 18.2 Å². The average molecular weight is 394 g/mol. The normalized spacial score (nSPS) is 11.5. The first-order valence-corrected chi connectivity index (χ1v) is 9.39. The zero-order valence-electron chi connectivity index (χ0n) is 14.0. The smallest absolute Gasteiger partial charge is 0.244 e. The molecule has 1 N–H and O–H groups in total. The third-order valence-corrected chi connectivity index (χ3v) is 5.25. The molecule has 0 radical (unpaired) electrons. The molecule has 8 nitrogen and oxygen atoms in total. The molecule has 0 aliphatic carbocycles. The maximum absolute atomic E-state index is 12.7. The van der Waals surface area contributed by atoms with E-state index in [0.29, 0.717) is 16.4 Å². The van der Waals surface area contributed by atoms with E-state index in [-0.39, 0.29) is 17.2 Å². The molecule has 0 fully saturated rings. The molecule has 10 heteroatoms. The van der Waals surface area contributed by atoms with Crippen LogP contribution in [0.25, 0.3) is 11.3 Å². The third kappa shape index (κ3) is 3.85. The molecule has 0 amide bonds. The molecule has 0 atom stereocenters. The second-order valence-electron chi connectivity index (χ2n) is 5.37. The summed E-state index contributed by atoms with van der Waals surface area (Å²) >= 11 is 5.93. The summed E-state index contributed by atoms with van der Waals surface area (Å²) in [6.07, 6.45) is 6.47. The van der Waals surface area contributed by atoms with Gasteiger partial charge >= 0.3 is 0 Å². The van der Waals surface area contributed by atoms with E-state index in [1.807, 2.05) is 0 Å². The maximum atomic E-state index is 12.7. The van der Waals surface area contributed by atoms with Crippen LogP contribution in [0.5, 0.6) is 5.75 Å². The molecule has 2 heterocycles. The Hall–Kier alpha value is -2.49. The van der Waals surface area contributed by atoms with Gasteiger partial charge in [-0.25, -0.2) is 13.1 Å². The number of nitrogens with one attached hydrogen (secondary N) is 1. The van der Waals surface area contributed by atoms with E-state index in [9.17, 15) is 8.42 Å². The van der Waals surface area contributed by atoms with E-state index in [1.54, 1.807) is 36.4 Å². The molecule has 3 aromatic rings. The molecular weight excluding hydrogens is 378 g/mol. The van der Waals surface area contributed by atoms with Gasteiger partial charge in [0.25, 0.3) is 0 Å². The molecule has 0 unspecified atom stereocenters. The fraction of sp³-hybridized carbons (Fsp3) is 0.188. The zero-order valence-corrected chi connectivity index (χ0v) is 15.6. The van der Waals surface area contributed by atoms with E-state index in [1.165, 1.54) is 25.4 Å². The third-order valence-electron chi connectivity index (χ3n) is 3.60. The van der Waals surface area contributed by atoms with Crippen LogP contribution in [0.4, 0.5) is 0 Å². The van der Waals surface area contributed by atoms with Crippen molar-refractivity contribution in [3.8, 4) is 17.0 Å². The lowest BCUT2D eigenvalue weighted by atomic mass is 10.2. The van der Waals surface area contributed by atoms with Crippen LogP contribution in [0, 0.1) is 0 Å². The summed E-state index contributed by atoms with van der Waals surface area (Å²) in [6, 6.07) is 4.39. The monoisotopic (exact) mass is 393 g/mol. The quantitative estimate of drug-likeness (QED) is 0.687. The summed E-state index contributed by atoms with van der Waals surface area (Å²) in [6.45, 7) is -0.0456. The Labute approximate surface area is 155 Å². The highest BCUT2D eigenvalue weighted by molar-refractivity contribution is 7.89. The molecule has 0 aliphatic rings. The van der Waals surface area contributed by atoms with Crippen LogP contribution in [0.1, 0.15) is 5.69 Å². The van der Waals surface area contributed by atoms with E-state index >= 15 is 0 Å². The van der Waals surface area contributed by atoms with Crippen LogP contribution < -0.4 is 9.46 Å². The van der Waals surface area contributed by atoms with Gasteiger partial charge in [-0.2, -0.15) is 5.10 Å². The molecule has 0 bridgehead atoms. The lowest BCUT2D eigenvalue weighted by molar-refractivity contribution is 0.402. The Morgan fingerprint density at radius 1 is 1.27 bits per heavy atom. The van der Waals surface area contributed by atoms with Crippen LogP contribution in [0.15, 0.2) is 47.9 Å². The van der Waals surface area contributed by atoms with Crippen LogP contribution >= 0.6 is 11.6 Å². The largest absolute Gasteiger partial charge is 0.495 e. The van der Waals surface area contributed by atoms with Gasteiger partial charge in [-0.3, -0.25) is 14.6 Å². The SMILES string of the molecule is COc1ccc(Cl)cc1S(=O)(=O)NCc1nccnc1-c1cnn(C)c1. The fourth-order valence-corrected chi connectivity index (χ4v) is 3.80. The maximum Gasteiger partial charge on any atom is 0.244 e. The number of rotatable bonds is 6. The first-order chi connectivity index (χ1) is 12.4. The minimum Gasteiger partial charge on any atom is -0.495 e. The van der Waals surface area contributed by atoms with Gasteiger partial charge in [0.05, 0.1) is 31.2 Å². The van der Waals surface area contributed by atoms with Gasteiger partial charge in [0, 0.05) is 36.2 Å². The van der Waals surface area contributed by atoms with Crippen molar-refractivity contribution in [2.45, 2.75) is 11.4 Å². The van der Waals surface area contributed by atoms with E-state index in [2.05, 4.69) is 19.8 Å². The first kappa shape index (κ1) is 18.3. The van der Waals surface area contributed by atoms with Crippen molar-refractivity contribution in [3.63, 3.8) is 0 Å². The van der Waals surface area contributed by atoms with Gasteiger partial charge < -0.3 is 4.74 Å². The number of nitrogens with zero attached hydrogens (tertiary/aromatic N) is 4. The van der Waals surface area contributed by atoms with Crippen molar-refractivity contribution in [1.29, 1.82) is 0 Å². The van der Waals surface area contributed by atoms with E-state index in [4.69, 9.17) is 16.3 Å². The van der Waals surface area contributed by atoms with Crippen LogP contribution in [-0.4, -0.2) is 35.3 Å². The number of benzene rings is 1. The van der Waals surface area contributed by atoms with Gasteiger partial charge in [0.15, 0.2) is 0 Å². The molecule has 3 rings (SSSR count). The van der Waals surface area contributed by atoms with Crippen LogP contribution in [0.3, 0.4) is 0 Å². The molecule has 26 heavy (non-hydrogen) atoms. The van der Waals surface area contributed by atoms with Crippen LogP contribution in [-0.2, 0) is 23.6 Å². The Morgan fingerprint density at radius 3 is 2.73 bits per heavy atom. The molecule has 0 spiro atoms. The molecule has 2 aromatic heterocycles. The van der Waals surface area contributed by atoms with Gasteiger partial charge in [0.2, 0.25) is 10.0 Å². The van der Waals surface area contributed by atoms with E-state index < -0.39 is 10.0 Å². The predicted molar refractivity (Wildman–Crippen MR) is 96.3 cm³/mol. The minimum atomic E-state index is -3.87. The van der Waals surface area contributed by atoms with Gasteiger partial charge in [0.1, 0.15) is 10.6 Å². The highest BCUT2D eigenvalue weighted by Gasteiger charge is 2.21. The average Bonchev–Trinajstić information content (AvgIpc) is 3.06. The number of sulfonamides is 1. The number of hydrogen-bond acceptors (Lipinski definition) is 6. The van der Waals surface area contributed by atoms with Crippen molar-refractivity contribution < 1.29 is 13.2 Å². The van der Waals surface area contributed by atoms with E-state index in [0.717, 1.165) is 5.56 Å². The fourth-order valence-electron chi connectivity index (χ4n) is 2.38. The summed E-state index contributed by atoms with van der Waals surface area (Å²) in [5.41, 5.74) is 1.78. The lowest BCUT2D eigenvalue weighted by Gasteiger charge is -2.12. The van der Waals surface area contributed by atoms with Gasteiger partial charge in [-0.15, -0.1) is 0 Å². The highest BCUT2D eigenvalue weighted by Crippen LogP contribution is 2.27. The number of halogens is 1. The van der Waals surface area contributed by atoms with Crippen molar-refractivity contribution >= 4 is 21.6 Å². The number of ether oxygens (including phenoxy) is 1. The number of hydrogen-bond donors (Lipinski definition) is 1. The summed E-state index contributed by atoms with van der Waals surface area (Å²) in [5.74, 6) is 0.202. The Kier molecular flexibility index (Phi) is 5.21. The number of methoxy groups -OCH3 is 1. The molecule has 136 valence electrons. The lowest BCUT2D eigenvalue weighted by Crippen LogP contribution is -2.24. The topological polar surface area (TPSA) is 99.0 Å². The minimum absolute atomic E-state index is 0.0423.